The third-order valence-corrected chi connectivity index (χ3v) is 4.85. The summed E-state index contributed by atoms with van der Waals surface area (Å²) >= 11 is 0. The number of rotatable bonds is 9. The first-order valence-electron chi connectivity index (χ1n) is 8.39. The van der Waals surface area contributed by atoms with Crippen molar-refractivity contribution in [2.75, 3.05) is 39.3 Å². The second kappa shape index (κ2) is 8.93. The maximum Gasteiger partial charge on any atom is 0.0356 e. The van der Waals surface area contributed by atoms with E-state index >= 15 is 0 Å². The Balaban J connectivity index is 2.65. The molecule has 0 bridgehead atoms. The number of nitrogens with zero attached hydrogens (tertiary/aromatic N) is 2. The molecule has 1 heterocycles. The van der Waals surface area contributed by atoms with Crippen molar-refractivity contribution in [2.45, 2.75) is 64.8 Å². The molecule has 0 amide bonds. The van der Waals surface area contributed by atoms with E-state index in [2.05, 4.69) is 30.6 Å². The molecular formula is C16H35N3. The standard InChI is InChI=1S/C16H35N3/c1-4-7-11-19(12-8-5-2)16(15-17)9-13-18(6-3)14-10-16/h4-15,17H2,1-3H3. The summed E-state index contributed by atoms with van der Waals surface area (Å²) in [7, 11) is 0. The lowest BCUT2D eigenvalue weighted by molar-refractivity contribution is 0.0260. The molecule has 1 aliphatic heterocycles. The molecule has 3 nitrogen and oxygen atoms in total. The minimum atomic E-state index is 0.288. The first-order chi connectivity index (χ1) is 9.22. The van der Waals surface area contributed by atoms with E-state index in [1.807, 2.05) is 0 Å². The van der Waals surface area contributed by atoms with E-state index in [0.717, 1.165) is 6.54 Å². The van der Waals surface area contributed by atoms with Crippen molar-refractivity contribution >= 4 is 0 Å². The Morgan fingerprint density at radius 2 is 1.53 bits per heavy atom. The van der Waals surface area contributed by atoms with Gasteiger partial charge in [0.05, 0.1) is 0 Å². The summed E-state index contributed by atoms with van der Waals surface area (Å²) in [5, 5.41) is 0. The molecule has 3 heteroatoms. The number of nitrogens with two attached hydrogens (primary N) is 1. The lowest BCUT2D eigenvalue weighted by atomic mass is 9.85. The van der Waals surface area contributed by atoms with Crippen LogP contribution in [0.5, 0.6) is 0 Å². The minimum Gasteiger partial charge on any atom is -0.329 e. The first kappa shape index (κ1) is 16.9. The van der Waals surface area contributed by atoms with E-state index in [1.54, 1.807) is 0 Å². The Morgan fingerprint density at radius 3 is 1.89 bits per heavy atom. The van der Waals surface area contributed by atoms with Crippen LogP contribution >= 0.6 is 0 Å². The van der Waals surface area contributed by atoms with Crippen LogP contribution in [0.4, 0.5) is 0 Å². The SMILES string of the molecule is CCCCN(CCCC)C1(CN)CCN(CC)CC1. The van der Waals surface area contributed by atoms with Gasteiger partial charge in [-0.2, -0.15) is 0 Å². The van der Waals surface area contributed by atoms with Crippen molar-refractivity contribution < 1.29 is 0 Å². The van der Waals surface area contributed by atoms with Crippen molar-refractivity contribution in [3.05, 3.63) is 0 Å². The van der Waals surface area contributed by atoms with Crippen molar-refractivity contribution in [3.8, 4) is 0 Å². The quantitative estimate of drug-likeness (QED) is 0.698. The summed E-state index contributed by atoms with van der Waals surface area (Å²) < 4.78 is 0. The molecule has 114 valence electrons. The fraction of sp³-hybridized carbons (Fsp3) is 1.00. The van der Waals surface area contributed by atoms with Gasteiger partial charge in [0.25, 0.3) is 0 Å². The van der Waals surface area contributed by atoms with Crippen LogP contribution in [0, 0.1) is 0 Å². The van der Waals surface area contributed by atoms with E-state index < -0.39 is 0 Å². The molecule has 0 saturated carbocycles. The molecule has 1 fully saturated rings. The molecular weight excluding hydrogens is 234 g/mol. The third kappa shape index (κ3) is 4.73. The highest BCUT2D eigenvalue weighted by Crippen LogP contribution is 2.29. The first-order valence-corrected chi connectivity index (χ1v) is 8.39. The highest BCUT2D eigenvalue weighted by Gasteiger charge is 2.37. The molecule has 19 heavy (non-hydrogen) atoms. The summed E-state index contributed by atoms with van der Waals surface area (Å²) in [5.74, 6) is 0. The van der Waals surface area contributed by atoms with Crippen LogP contribution in [0.25, 0.3) is 0 Å². The molecule has 0 aromatic carbocycles. The van der Waals surface area contributed by atoms with E-state index in [1.165, 1.54) is 71.2 Å². The zero-order valence-corrected chi connectivity index (χ0v) is 13.5. The average molecular weight is 269 g/mol. The summed E-state index contributed by atoms with van der Waals surface area (Å²) in [5.41, 5.74) is 6.50. The van der Waals surface area contributed by atoms with Gasteiger partial charge in [0.15, 0.2) is 0 Å². The summed E-state index contributed by atoms with van der Waals surface area (Å²) in [6.07, 6.45) is 7.69. The third-order valence-electron chi connectivity index (χ3n) is 4.85. The van der Waals surface area contributed by atoms with Gasteiger partial charge in [-0.25, -0.2) is 0 Å². The van der Waals surface area contributed by atoms with Gasteiger partial charge in [-0.05, 0) is 58.4 Å². The van der Waals surface area contributed by atoms with Crippen LogP contribution in [0.1, 0.15) is 59.3 Å². The van der Waals surface area contributed by atoms with E-state index in [-0.39, 0.29) is 5.54 Å². The minimum absolute atomic E-state index is 0.288. The normalized spacial score (nSPS) is 20.1. The molecule has 0 spiro atoms. The average Bonchev–Trinajstić information content (AvgIpc) is 2.47. The molecule has 0 aromatic rings. The fourth-order valence-corrected chi connectivity index (χ4v) is 3.22. The van der Waals surface area contributed by atoms with Gasteiger partial charge in [-0.1, -0.05) is 33.6 Å². The van der Waals surface area contributed by atoms with Crippen molar-refractivity contribution in [3.63, 3.8) is 0 Å². The number of piperidine rings is 1. The van der Waals surface area contributed by atoms with Crippen LogP contribution in [-0.2, 0) is 0 Å². The number of likely N-dealkylation sites (tertiary alicyclic amines) is 1. The van der Waals surface area contributed by atoms with E-state index in [0.29, 0.717) is 0 Å². The molecule has 0 atom stereocenters. The molecule has 2 N–H and O–H groups in total. The molecule has 1 saturated heterocycles. The summed E-state index contributed by atoms with van der Waals surface area (Å²) in [6, 6.07) is 0. The number of hydrogen-bond acceptors (Lipinski definition) is 3. The van der Waals surface area contributed by atoms with E-state index in [9.17, 15) is 0 Å². The van der Waals surface area contributed by atoms with Crippen LogP contribution in [0.15, 0.2) is 0 Å². The number of hydrogen-bond donors (Lipinski definition) is 1. The largest absolute Gasteiger partial charge is 0.329 e. The van der Waals surface area contributed by atoms with Crippen LogP contribution < -0.4 is 5.73 Å². The van der Waals surface area contributed by atoms with Crippen LogP contribution in [0.3, 0.4) is 0 Å². The molecule has 1 aliphatic rings. The Kier molecular flexibility index (Phi) is 7.96. The molecule has 0 aromatic heterocycles. The zero-order valence-electron chi connectivity index (χ0n) is 13.5. The monoisotopic (exact) mass is 269 g/mol. The predicted octanol–water partition coefficient (Wildman–Crippen LogP) is 2.70. The lowest BCUT2D eigenvalue weighted by Gasteiger charge is -2.48. The fourth-order valence-electron chi connectivity index (χ4n) is 3.22. The van der Waals surface area contributed by atoms with Crippen LogP contribution in [-0.4, -0.2) is 54.6 Å². The highest BCUT2D eigenvalue weighted by molar-refractivity contribution is 4.96. The van der Waals surface area contributed by atoms with Gasteiger partial charge in [0.2, 0.25) is 0 Å². The van der Waals surface area contributed by atoms with Crippen molar-refractivity contribution in [1.29, 1.82) is 0 Å². The molecule has 0 unspecified atom stereocenters. The summed E-state index contributed by atoms with van der Waals surface area (Å²) in [4.78, 5) is 5.29. The maximum atomic E-state index is 6.21. The molecule has 0 aliphatic carbocycles. The van der Waals surface area contributed by atoms with Gasteiger partial charge in [0.1, 0.15) is 0 Å². The van der Waals surface area contributed by atoms with Gasteiger partial charge >= 0.3 is 0 Å². The second-order valence-corrected chi connectivity index (χ2v) is 6.06. The van der Waals surface area contributed by atoms with Gasteiger partial charge in [0, 0.05) is 12.1 Å². The lowest BCUT2D eigenvalue weighted by Crippen LogP contribution is -2.59. The predicted molar refractivity (Wildman–Crippen MR) is 84.5 cm³/mol. The van der Waals surface area contributed by atoms with Gasteiger partial charge < -0.3 is 10.6 Å². The van der Waals surface area contributed by atoms with E-state index in [4.69, 9.17) is 5.73 Å². The molecule has 1 rings (SSSR count). The van der Waals surface area contributed by atoms with Gasteiger partial charge in [-0.15, -0.1) is 0 Å². The smallest absolute Gasteiger partial charge is 0.0356 e. The number of unbranched alkanes of at least 4 members (excludes halogenated alkanes) is 2. The zero-order chi connectivity index (χ0) is 14.1. The maximum absolute atomic E-state index is 6.21. The van der Waals surface area contributed by atoms with Crippen LogP contribution in [0.2, 0.25) is 0 Å². The second-order valence-electron chi connectivity index (χ2n) is 6.06. The highest BCUT2D eigenvalue weighted by atomic mass is 15.2. The Hall–Kier alpha value is -0.120. The van der Waals surface area contributed by atoms with Crippen molar-refractivity contribution in [2.24, 2.45) is 5.73 Å². The van der Waals surface area contributed by atoms with Gasteiger partial charge in [-0.3, -0.25) is 4.90 Å². The summed E-state index contributed by atoms with van der Waals surface area (Å²) in [6.45, 7) is 13.8. The van der Waals surface area contributed by atoms with Crippen molar-refractivity contribution in [1.82, 2.24) is 9.80 Å². The topological polar surface area (TPSA) is 32.5 Å². The Labute approximate surface area is 120 Å². The Morgan fingerprint density at radius 1 is 1.00 bits per heavy atom. The Bertz CT molecular complexity index is 214. The molecule has 0 radical (unpaired) electrons.